The molecule has 0 spiro atoms. The van der Waals surface area contributed by atoms with Crippen LogP contribution in [0.3, 0.4) is 0 Å². The van der Waals surface area contributed by atoms with Gasteiger partial charge in [-0.2, -0.15) is 13.2 Å². The van der Waals surface area contributed by atoms with Crippen LogP contribution in [0.25, 0.3) is 0 Å². The zero-order valence-electron chi connectivity index (χ0n) is 8.28. The van der Waals surface area contributed by atoms with Crippen molar-refractivity contribution in [2.24, 2.45) is 5.73 Å². The lowest BCUT2D eigenvalue weighted by molar-refractivity contribution is -0.143. The van der Waals surface area contributed by atoms with Crippen LogP contribution < -0.4 is 5.73 Å². The standard InChI is InChI=1S/C7H9F3N4O2/c1-16-2-4-5(6(11)15)12-13-14(4)3-7(8,9)10/h2-3H2,1H3,(H2,11,15). The molecule has 0 bridgehead atoms. The maximum Gasteiger partial charge on any atom is 0.408 e. The number of primary amides is 1. The highest BCUT2D eigenvalue weighted by Gasteiger charge is 2.31. The SMILES string of the molecule is COCc1c(C(N)=O)nnn1CC(F)(F)F. The molecular weight excluding hydrogens is 229 g/mol. The third-order valence-electron chi connectivity index (χ3n) is 1.68. The van der Waals surface area contributed by atoms with Gasteiger partial charge in [-0.15, -0.1) is 5.10 Å². The van der Waals surface area contributed by atoms with Gasteiger partial charge < -0.3 is 10.5 Å². The molecule has 16 heavy (non-hydrogen) atoms. The van der Waals surface area contributed by atoms with E-state index in [1.807, 2.05) is 0 Å². The minimum absolute atomic E-state index is 0.0904. The van der Waals surface area contributed by atoms with E-state index in [-0.39, 0.29) is 18.0 Å². The molecule has 0 atom stereocenters. The first-order valence-corrected chi connectivity index (χ1v) is 4.13. The molecule has 1 aromatic rings. The molecule has 2 N–H and O–H groups in total. The van der Waals surface area contributed by atoms with E-state index in [0.29, 0.717) is 4.68 Å². The predicted molar refractivity (Wildman–Crippen MR) is 45.3 cm³/mol. The van der Waals surface area contributed by atoms with Crippen LogP contribution in [0.5, 0.6) is 0 Å². The summed E-state index contributed by atoms with van der Waals surface area (Å²) in [6, 6.07) is 0. The Morgan fingerprint density at radius 3 is 2.62 bits per heavy atom. The Hall–Kier alpha value is -1.64. The molecule has 1 amide bonds. The Bertz CT molecular complexity index is 387. The summed E-state index contributed by atoms with van der Waals surface area (Å²) in [7, 11) is 1.27. The number of nitrogens with two attached hydrogens (primary N) is 1. The van der Waals surface area contributed by atoms with Crippen LogP contribution in [0.1, 0.15) is 16.2 Å². The zero-order chi connectivity index (χ0) is 12.3. The Morgan fingerprint density at radius 2 is 2.19 bits per heavy atom. The minimum atomic E-state index is -4.45. The van der Waals surface area contributed by atoms with E-state index < -0.39 is 18.6 Å². The van der Waals surface area contributed by atoms with Crippen molar-refractivity contribution in [2.45, 2.75) is 19.3 Å². The number of rotatable bonds is 4. The molecule has 0 fully saturated rings. The average Bonchev–Trinajstić information content (AvgIpc) is 2.47. The number of alkyl halides is 3. The number of halogens is 3. The molecule has 90 valence electrons. The number of hydrogen-bond donors (Lipinski definition) is 1. The fourth-order valence-corrected chi connectivity index (χ4v) is 1.10. The Balaban J connectivity index is 3.05. The van der Waals surface area contributed by atoms with Gasteiger partial charge in [-0.25, -0.2) is 4.68 Å². The Labute approximate surface area is 88.2 Å². The molecular formula is C7H9F3N4O2. The summed E-state index contributed by atoms with van der Waals surface area (Å²) >= 11 is 0. The van der Waals surface area contributed by atoms with Gasteiger partial charge in [0.2, 0.25) is 0 Å². The van der Waals surface area contributed by atoms with Crippen LogP contribution in [-0.4, -0.2) is 34.2 Å². The second-order valence-electron chi connectivity index (χ2n) is 2.95. The van der Waals surface area contributed by atoms with Crippen LogP contribution in [0.4, 0.5) is 13.2 Å². The molecule has 1 aromatic heterocycles. The Morgan fingerprint density at radius 1 is 1.56 bits per heavy atom. The highest BCUT2D eigenvalue weighted by molar-refractivity contribution is 5.91. The maximum atomic E-state index is 12.1. The summed E-state index contributed by atoms with van der Waals surface area (Å²) in [6.07, 6.45) is -4.45. The van der Waals surface area contributed by atoms with Crippen LogP contribution in [0.2, 0.25) is 0 Å². The minimum Gasteiger partial charge on any atom is -0.378 e. The van der Waals surface area contributed by atoms with Gasteiger partial charge in [-0.05, 0) is 0 Å². The summed E-state index contributed by atoms with van der Waals surface area (Å²) in [5.74, 6) is -0.944. The number of carbonyl (C=O) groups excluding carboxylic acids is 1. The van der Waals surface area contributed by atoms with Crippen LogP contribution in [0, 0.1) is 0 Å². The quantitative estimate of drug-likeness (QED) is 0.805. The van der Waals surface area contributed by atoms with Gasteiger partial charge in [-0.3, -0.25) is 4.79 Å². The fraction of sp³-hybridized carbons (Fsp3) is 0.571. The van der Waals surface area contributed by atoms with Gasteiger partial charge >= 0.3 is 6.18 Å². The molecule has 0 saturated heterocycles. The third kappa shape index (κ3) is 2.92. The lowest BCUT2D eigenvalue weighted by Crippen LogP contribution is -2.22. The molecule has 0 aromatic carbocycles. The highest BCUT2D eigenvalue weighted by atomic mass is 19.4. The van der Waals surface area contributed by atoms with Gasteiger partial charge in [-0.1, -0.05) is 5.21 Å². The zero-order valence-corrected chi connectivity index (χ0v) is 8.28. The van der Waals surface area contributed by atoms with Gasteiger partial charge in [0.1, 0.15) is 6.54 Å². The topological polar surface area (TPSA) is 83.0 Å². The lowest BCUT2D eigenvalue weighted by atomic mass is 10.3. The number of amides is 1. The highest BCUT2D eigenvalue weighted by Crippen LogP contribution is 2.19. The van der Waals surface area contributed by atoms with Gasteiger partial charge in [0.25, 0.3) is 5.91 Å². The van der Waals surface area contributed by atoms with E-state index in [0.717, 1.165) is 0 Å². The number of nitrogens with zero attached hydrogens (tertiary/aromatic N) is 3. The van der Waals surface area contributed by atoms with E-state index in [1.165, 1.54) is 7.11 Å². The van der Waals surface area contributed by atoms with Crippen molar-refractivity contribution in [3.05, 3.63) is 11.4 Å². The first-order valence-electron chi connectivity index (χ1n) is 4.13. The lowest BCUT2D eigenvalue weighted by Gasteiger charge is -2.08. The number of ether oxygens (including phenoxy) is 1. The van der Waals surface area contributed by atoms with Crippen molar-refractivity contribution in [3.8, 4) is 0 Å². The molecule has 9 heteroatoms. The van der Waals surface area contributed by atoms with Crippen molar-refractivity contribution in [3.63, 3.8) is 0 Å². The van der Waals surface area contributed by atoms with E-state index >= 15 is 0 Å². The van der Waals surface area contributed by atoms with Gasteiger partial charge in [0.05, 0.1) is 12.3 Å². The van der Waals surface area contributed by atoms with Crippen LogP contribution in [0.15, 0.2) is 0 Å². The van der Waals surface area contributed by atoms with Crippen LogP contribution in [-0.2, 0) is 17.9 Å². The maximum absolute atomic E-state index is 12.1. The van der Waals surface area contributed by atoms with Gasteiger partial charge in [0.15, 0.2) is 5.69 Å². The van der Waals surface area contributed by atoms with E-state index in [1.54, 1.807) is 0 Å². The average molecular weight is 238 g/mol. The van der Waals surface area contributed by atoms with Gasteiger partial charge in [0, 0.05) is 7.11 Å². The summed E-state index contributed by atoms with van der Waals surface area (Å²) in [5.41, 5.74) is 4.53. The van der Waals surface area contributed by atoms with E-state index in [9.17, 15) is 18.0 Å². The summed E-state index contributed by atoms with van der Waals surface area (Å²) in [6.45, 7) is -1.56. The third-order valence-corrected chi connectivity index (χ3v) is 1.68. The molecule has 1 rings (SSSR count). The number of aromatic nitrogens is 3. The largest absolute Gasteiger partial charge is 0.408 e. The van der Waals surface area contributed by atoms with Crippen molar-refractivity contribution in [1.82, 2.24) is 15.0 Å². The van der Waals surface area contributed by atoms with E-state index in [2.05, 4.69) is 15.0 Å². The number of hydrogen-bond acceptors (Lipinski definition) is 4. The van der Waals surface area contributed by atoms with Crippen molar-refractivity contribution < 1.29 is 22.7 Å². The molecule has 0 radical (unpaired) electrons. The van der Waals surface area contributed by atoms with Crippen molar-refractivity contribution >= 4 is 5.91 Å². The number of carbonyl (C=O) groups is 1. The monoisotopic (exact) mass is 238 g/mol. The molecule has 0 aliphatic heterocycles. The fourth-order valence-electron chi connectivity index (χ4n) is 1.10. The molecule has 0 unspecified atom stereocenters. The smallest absolute Gasteiger partial charge is 0.378 e. The summed E-state index contributed by atoms with van der Waals surface area (Å²) in [5, 5.41) is 6.48. The van der Waals surface area contributed by atoms with Crippen molar-refractivity contribution in [2.75, 3.05) is 7.11 Å². The first-order chi connectivity index (χ1) is 7.35. The Kier molecular flexibility index (Phi) is 3.48. The molecule has 1 heterocycles. The van der Waals surface area contributed by atoms with Crippen LogP contribution >= 0.6 is 0 Å². The summed E-state index contributed by atoms with van der Waals surface area (Å²) < 4.78 is 41.6. The predicted octanol–water partition coefficient (Wildman–Crippen LogP) is 0.0857. The normalized spacial score (nSPS) is 11.8. The number of methoxy groups -OCH3 is 1. The molecule has 0 saturated carbocycles. The molecule has 0 aliphatic carbocycles. The second kappa shape index (κ2) is 4.47. The summed E-state index contributed by atoms with van der Waals surface area (Å²) in [4.78, 5) is 10.8. The van der Waals surface area contributed by atoms with E-state index in [4.69, 9.17) is 5.73 Å². The first kappa shape index (κ1) is 12.4. The second-order valence-corrected chi connectivity index (χ2v) is 2.95. The molecule has 0 aliphatic rings. The van der Waals surface area contributed by atoms with Crippen molar-refractivity contribution in [1.29, 1.82) is 0 Å². The molecule has 6 nitrogen and oxygen atoms in total.